The molecule has 1 aromatic carbocycles. The Kier molecular flexibility index (Phi) is 5.88. The van der Waals surface area contributed by atoms with E-state index in [-0.39, 0.29) is 11.7 Å². The van der Waals surface area contributed by atoms with Gasteiger partial charge in [0.25, 0.3) is 0 Å². The van der Waals surface area contributed by atoms with Gasteiger partial charge in [-0.3, -0.25) is 4.57 Å². The van der Waals surface area contributed by atoms with Crippen LogP contribution in [-0.2, 0) is 24.2 Å². The van der Waals surface area contributed by atoms with Crippen LogP contribution in [0.5, 0.6) is 0 Å². The summed E-state index contributed by atoms with van der Waals surface area (Å²) in [5.74, 6) is 1.08. The van der Waals surface area contributed by atoms with Gasteiger partial charge < -0.3 is 10.1 Å². The molecule has 2 heterocycles. The van der Waals surface area contributed by atoms with Crippen LogP contribution in [0.4, 0.5) is 0 Å². The molecule has 1 aliphatic rings. The van der Waals surface area contributed by atoms with Crippen molar-refractivity contribution in [1.29, 1.82) is 0 Å². The van der Waals surface area contributed by atoms with Gasteiger partial charge in [-0.2, -0.15) is 5.10 Å². The lowest BCUT2D eigenvalue weighted by Gasteiger charge is -2.21. The monoisotopic (exact) mass is 358 g/mol. The van der Waals surface area contributed by atoms with Crippen molar-refractivity contribution in [2.45, 2.75) is 39.3 Å². The maximum Gasteiger partial charge on any atom is 0.346 e. The Morgan fingerprint density at radius 3 is 2.58 bits per heavy atom. The number of aromatic nitrogens is 3. The highest BCUT2D eigenvalue weighted by Gasteiger charge is 2.19. The van der Waals surface area contributed by atoms with Crippen molar-refractivity contribution >= 4 is 5.97 Å². The van der Waals surface area contributed by atoms with Gasteiger partial charge in [-0.1, -0.05) is 12.1 Å². The normalized spacial score (nSPS) is 15.2. The van der Waals surface area contributed by atoms with Gasteiger partial charge >= 0.3 is 11.7 Å². The Balaban J connectivity index is 1.77. The lowest BCUT2D eigenvalue weighted by molar-refractivity contribution is 0.0600. The van der Waals surface area contributed by atoms with Crippen LogP contribution in [0.2, 0.25) is 0 Å². The number of hydrogen-bond donors (Lipinski definition) is 1. The molecule has 0 bridgehead atoms. The number of methoxy groups -OCH3 is 1. The maximum atomic E-state index is 12.7. The summed E-state index contributed by atoms with van der Waals surface area (Å²) in [5, 5.41) is 7.97. The van der Waals surface area contributed by atoms with Gasteiger partial charge in [-0.05, 0) is 56.5 Å². The molecule has 3 rings (SSSR count). The Morgan fingerprint density at radius 2 is 1.96 bits per heavy atom. The third-order valence-corrected chi connectivity index (χ3v) is 4.95. The topological polar surface area (TPSA) is 78.2 Å². The van der Waals surface area contributed by atoms with Crippen molar-refractivity contribution in [2.75, 3.05) is 20.2 Å². The van der Waals surface area contributed by atoms with Crippen molar-refractivity contribution in [3.05, 3.63) is 51.7 Å². The summed E-state index contributed by atoms with van der Waals surface area (Å²) in [5.41, 5.74) is 1.34. The standard InChI is InChI=1S/C19H26N4O3/c1-3-22-17(12-14-8-10-20-11-9-14)21-23(19(22)25)13-15-4-6-16(7-5-15)18(24)26-2/h4-7,14,20H,3,8-13H2,1-2H3. The second kappa shape index (κ2) is 8.31. The molecule has 26 heavy (non-hydrogen) atoms. The quantitative estimate of drug-likeness (QED) is 0.791. The van der Waals surface area contributed by atoms with E-state index in [2.05, 4.69) is 10.4 Å². The van der Waals surface area contributed by atoms with Gasteiger partial charge in [-0.15, -0.1) is 0 Å². The van der Waals surface area contributed by atoms with Crippen LogP contribution in [0.1, 0.15) is 41.5 Å². The summed E-state index contributed by atoms with van der Waals surface area (Å²) in [6, 6.07) is 7.07. The molecular formula is C19H26N4O3. The minimum Gasteiger partial charge on any atom is -0.465 e. The Morgan fingerprint density at radius 1 is 1.27 bits per heavy atom. The van der Waals surface area contributed by atoms with E-state index in [1.165, 1.54) is 11.8 Å². The summed E-state index contributed by atoms with van der Waals surface area (Å²) in [4.78, 5) is 24.2. The molecule has 7 heteroatoms. The average molecular weight is 358 g/mol. The number of benzene rings is 1. The number of esters is 1. The molecule has 140 valence electrons. The van der Waals surface area contributed by atoms with Gasteiger partial charge in [0.1, 0.15) is 5.82 Å². The van der Waals surface area contributed by atoms with Gasteiger partial charge in [0, 0.05) is 13.0 Å². The molecule has 1 N–H and O–H groups in total. The third-order valence-electron chi connectivity index (χ3n) is 4.95. The molecule has 0 radical (unpaired) electrons. The predicted molar refractivity (Wildman–Crippen MR) is 98.3 cm³/mol. The zero-order valence-electron chi connectivity index (χ0n) is 15.4. The van der Waals surface area contributed by atoms with Crippen LogP contribution < -0.4 is 11.0 Å². The van der Waals surface area contributed by atoms with Gasteiger partial charge in [-0.25, -0.2) is 14.3 Å². The maximum absolute atomic E-state index is 12.7. The number of nitrogens with one attached hydrogen (secondary N) is 1. The van der Waals surface area contributed by atoms with Crippen LogP contribution in [0.25, 0.3) is 0 Å². The fourth-order valence-corrected chi connectivity index (χ4v) is 3.44. The van der Waals surface area contributed by atoms with Crippen molar-refractivity contribution in [1.82, 2.24) is 19.7 Å². The predicted octanol–water partition coefficient (Wildman–Crippen LogP) is 1.44. The van der Waals surface area contributed by atoms with E-state index in [1.54, 1.807) is 16.7 Å². The first kappa shape index (κ1) is 18.4. The van der Waals surface area contributed by atoms with Crippen LogP contribution in [0.15, 0.2) is 29.1 Å². The van der Waals surface area contributed by atoms with E-state index in [0.717, 1.165) is 43.7 Å². The second-order valence-electron chi connectivity index (χ2n) is 6.69. The van der Waals surface area contributed by atoms with Crippen LogP contribution in [0, 0.1) is 5.92 Å². The molecule has 7 nitrogen and oxygen atoms in total. The van der Waals surface area contributed by atoms with Crippen molar-refractivity contribution < 1.29 is 9.53 Å². The molecule has 0 atom stereocenters. The zero-order valence-corrected chi connectivity index (χ0v) is 15.4. The van der Waals surface area contributed by atoms with Crippen LogP contribution in [0.3, 0.4) is 0 Å². The summed E-state index contributed by atoms with van der Waals surface area (Å²) in [7, 11) is 1.36. The van der Waals surface area contributed by atoms with Crippen LogP contribution in [-0.4, -0.2) is 40.5 Å². The van der Waals surface area contributed by atoms with E-state index in [1.807, 2.05) is 19.1 Å². The highest BCUT2D eigenvalue weighted by molar-refractivity contribution is 5.89. The minimum atomic E-state index is -0.367. The molecule has 0 spiro atoms. The van der Waals surface area contributed by atoms with Crippen LogP contribution >= 0.6 is 0 Å². The molecular weight excluding hydrogens is 332 g/mol. The fourth-order valence-electron chi connectivity index (χ4n) is 3.44. The molecule has 1 saturated heterocycles. The number of nitrogens with zero attached hydrogens (tertiary/aromatic N) is 3. The molecule has 2 aromatic rings. The first-order chi connectivity index (χ1) is 12.6. The number of piperidine rings is 1. The van der Waals surface area contributed by atoms with E-state index in [4.69, 9.17) is 4.74 Å². The molecule has 0 aliphatic carbocycles. The molecule has 0 saturated carbocycles. The number of hydrogen-bond acceptors (Lipinski definition) is 5. The van der Waals surface area contributed by atoms with Crippen molar-refractivity contribution in [2.24, 2.45) is 5.92 Å². The number of carbonyl (C=O) groups excluding carboxylic acids is 1. The Hall–Kier alpha value is -2.41. The van der Waals surface area contributed by atoms with Gasteiger partial charge in [0.15, 0.2) is 0 Å². The molecule has 1 aliphatic heterocycles. The van der Waals surface area contributed by atoms with Gasteiger partial charge in [0.2, 0.25) is 0 Å². The number of ether oxygens (including phenoxy) is 1. The van der Waals surface area contributed by atoms with E-state index >= 15 is 0 Å². The largest absolute Gasteiger partial charge is 0.465 e. The zero-order chi connectivity index (χ0) is 18.5. The average Bonchev–Trinajstić information content (AvgIpc) is 2.96. The molecule has 0 unspecified atom stereocenters. The Labute approximate surface area is 153 Å². The highest BCUT2D eigenvalue weighted by atomic mass is 16.5. The molecule has 1 fully saturated rings. The second-order valence-corrected chi connectivity index (χ2v) is 6.69. The minimum absolute atomic E-state index is 0.0755. The first-order valence-electron chi connectivity index (χ1n) is 9.16. The summed E-state index contributed by atoms with van der Waals surface area (Å²) >= 11 is 0. The van der Waals surface area contributed by atoms with Crippen molar-refractivity contribution in [3.63, 3.8) is 0 Å². The van der Waals surface area contributed by atoms with E-state index in [9.17, 15) is 9.59 Å². The van der Waals surface area contributed by atoms with E-state index < -0.39 is 0 Å². The lowest BCUT2D eigenvalue weighted by Crippen LogP contribution is -2.30. The summed E-state index contributed by atoms with van der Waals surface area (Å²) in [6.07, 6.45) is 3.10. The van der Waals surface area contributed by atoms with Gasteiger partial charge in [0.05, 0.1) is 19.2 Å². The summed E-state index contributed by atoms with van der Waals surface area (Å²) < 4.78 is 7.99. The molecule has 1 aromatic heterocycles. The highest BCUT2D eigenvalue weighted by Crippen LogP contribution is 2.16. The smallest absolute Gasteiger partial charge is 0.346 e. The Bertz CT molecular complexity index is 801. The number of rotatable bonds is 6. The summed E-state index contributed by atoms with van der Waals surface area (Å²) in [6.45, 7) is 5.07. The first-order valence-corrected chi connectivity index (χ1v) is 9.16. The SMILES string of the molecule is CCn1c(CC2CCNCC2)nn(Cc2ccc(C(=O)OC)cc2)c1=O. The molecule has 0 amide bonds. The van der Waals surface area contributed by atoms with E-state index in [0.29, 0.717) is 24.6 Å². The third kappa shape index (κ3) is 4.04. The van der Waals surface area contributed by atoms with Crippen molar-refractivity contribution in [3.8, 4) is 0 Å². The number of carbonyl (C=O) groups is 1. The fraction of sp³-hybridized carbons (Fsp3) is 0.526. The lowest BCUT2D eigenvalue weighted by atomic mass is 9.94.